The van der Waals surface area contributed by atoms with Crippen molar-refractivity contribution in [3.63, 3.8) is 0 Å². The van der Waals surface area contributed by atoms with Gasteiger partial charge in [0.15, 0.2) is 0 Å². The maximum absolute atomic E-state index is 6.18. The molecule has 0 saturated carbocycles. The zero-order chi connectivity index (χ0) is 17.0. The third-order valence-corrected chi connectivity index (χ3v) is 4.92. The summed E-state index contributed by atoms with van der Waals surface area (Å²) in [6, 6.07) is 16.4. The largest absolute Gasteiger partial charge is 0.456 e. The number of aryl methyl sites for hydroxylation is 1. The lowest BCUT2D eigenvalue weighted by molar-refractivity contribution is 0.663. The van der Waals surface area contributed by atoms with Gasteiger partial charge in [-0.15, -0.1) is 0 Å². The van der Waals surface area contributed by atoms with E-state index in [1.165, 1.54) is 16.5 Å². The fraction of sp³-hybridized carbons (Fsp3) is 0.130. The van der Waals surface area contributed by atoms with Gasteiger partial charge in [-0.2, -0.15) is 0 Å². The topological polar surface area (TPSA) is 26.3 Å². The summed E-state index contributed by atoms with van der Waals surface area (Å²) in [5.41, 5.74) is 6.14. The lowest BCUT2D eigenvalue weighted by Gasteiger charge is -2.03. The Kier molecular flexibility index (Phi) is 3.01. The van der Waals surface area contributed by atoms with Crippen LogP contribution in [-0.2, 0) is 0 Å². The molecule has 5 rings (SSSR count). The van der Waals surface area contributed by atoms with Crippen molar-refractivity contribution in [1.82, 2.24) is 0 Å². The predicted molar refractivity (Wildman–Crippen MR) is 105 cm³/mol. The molecule has 3 aromatic carbocycles. The van der Waals surface area contributed by atoms with Crippen LogP contribution in [0.15, 0.2) is 63.4 Å². The van der Waals surface area contributed by atoms with E-state index in [2.05, 4.69) is 50.3 Å². The van der Waals surface area contributed by atoms with Gasteiger partial charge in [0.05, 0.1) is 0 Å². The molecule has 122 valence electrons. The Labute approximate surface area is 145 Å². The normalized spacial score (nSPS) is 12.4. The van der Waals surface area contributed by atoms with Crippen LogP contribution in [-0.4, -0.2) is 0 Å². The third kappa shape index (κ3) is 1.97. The second-order valence-electron chi connectivity index (χ2n) is 6.49. The molecule has 2 heteroatoms. The Morgan fingerprint density at radius 2 is 1.44 bits per heavy atom. The van der Waals surface area contributed by atoms with E-state index in [4.69, 9.17) is 8.83 Å². The smallest absolute Gasteiger partial charge is 0.136 e. The van der Waals surface area contributed by atoms with Crippen molar-refractivity contribution in [2.45, 2.75) is 20.3 Å². The van der Waals surface area contributed by atoms with E-state index >= 15 is 0 Å². The molecule has 0 spiro atoms. The van der Waals surface area contributed by atoms with Gasteiger partial charge < -0.3 is 8.83 Å². The van der Waals surface area contributed by atoms with E-state index in [1.807, 2.05) is 24.3 Å². The summed E-state index contributed by atoms with van der Waals surface area (Å²) in [4.78, 5) is 0. The first-order chi connectivity index (χ1) is 12.3. The summed E-state index contributed by atoms with van der Waals surface area (Å²) >= 11 is 0. The third-order valence-electron chi connectivity index (χ3n) is 4.92. The van der Waals surface area contributed by atoms with Gasteiger partial charge in [0.2, 0.25) is 0 Å². The molecule has 0 saturated heterocycles. The Bertz CT molecular complexity index is 1280. The molecular weight excluding hydrogens is 308 g/mol. The van der Waals surface area contributed by atoms with Gasteiger partial charge in [-0.1, -0.05) is 43.3 Å². The zero-order valence-electron chi connectivity index (χ0n) is 14.3. The zero-order valence-corrected chi connectivity index (χ0v) is 14.3. The van der Waals surface area contributed by atoms with E-state index in [0.717, 1.165) is 44.9 Å². The minimum Gasteiger partial charge on any atom is -0.456 e. The first kappa shape index (κ1) is 14.4. The number of hydrogen-bond donors (Lipinski definition) is 0. The molecule has 0 aliphatic rings. The van der Waals surface area contributed by atoms with Crippen molar-refractivity contribution in [2.24, 2.45) is 0 Å². The van der Waals surface area contributed by atoms with Crippen molar-refractivity contribution in [1.29, 1.82) is 0 Å². The van der Waals surface area contributed by atoms with Crippen LogP contribution in [0, 0.1) is 6.92 Å². The average Bonchev–Trinajstić information content (AvgIpc) is 3.18. The monoisotopic (exact) mass is 326 g/mol. The van der Waals surface area contributed by atoms with Gasteiger partial charge in [0.1, 0.15) is 22.3 Å². The highest BCUT2D eigenvalue weighted by Crippen LogP contribution is 2.41. The number of hydrogen-bond acceptors (Lipinski definition) is 2. The molecule has 0 bridgehead atoms. The molecule has 0 aliphatic carbocycles. The van der Waals surface area contributed by atoms with Gasteiger partial charge >= 0.3 is 0 Å². The Morgan fingerprint density at radius 1 is 0.760 bits per heavy atom. The molecule has 0 N–H and O–H groups in total. The number of benzene rings is 3. The molecule has 2 heterocycles. The van der Waals surface area contributed by atoms with Gasteiger partial charge in [0.25, 0.3) is 0 Å². The highest BCUT2D eigenvalue weighted by Gasteiger charge is 2.18. The van der Waals surface area contributed by atoms with Crippen molar-refractivity contribution < 1.29 is 8.83 Å². The lowest BCUT2D eigenvalue weighted by Crippen LogP contribution is -1.82. The van der Waals surface area contributed by atoms with E-state index in [9.17, 15) is 0 Å². The van der Waals surface area contributed by atoms with Crippen molar-refractivity contribution >= 4 is 50.0 Å². The maximum atomic E-state index is 6.18. The first-order valence-corrected chi connectivity index (χ1v) is 8.70. The number of furan rings is 2. The molecule has 0 atom stereocenters. The highest BCUT2D eigenvalue weighted by molar-refractivity contribution is 6.27. The van der Waals surface area contributed by atoms with E-state index in [-0.39, 0.29) is 0 Å². The minimum atomic E-state index is 0.906. The molecule has 0 amide bonds. The van der Waals surface area contributed by atoms with Gasteiger partial charge in [0, 0.05) is 21.5 Å². The molecule has 0 radical (unpaired) electrons. The lowest BCUT2D eigenvalue weighted by atomic mass is 9.98. The molecule has 0 fully saturated rings. The fourth-order valence-electron chi connectivity index (χ4n) is 3.75. The van der Waals surface area contributed by atoms with Gasteiger partial charge in [-0.05, 0) is 48.7 Å². The summed E-state index contributed by atoms with van der Waals surface area (Å²) < 4.78 is 12.2. The highest BCUT2D eigenvalue weighted by atomic mass is 16.3. The van der Waals surface area contributed by atoms with Crippen LogP contribution in [0.5, 0.6) is 0 Å². The molecule has 25 heavy (non-hydrogen) atoms. The summed E-state index contributed by atoms with van der Waals surface area (Å²) in [5, 5.41) is 4.61. The second-order valence-corrected chi connectivity index (χ2v) is 6.49. The quantitative estimate of drug-likeness (QED) is 0.342. The summed E-state index contributed by atoms with van der Waals surface area (Å²) in [6.45, 7) is 4.31. The van der Waals surface area contributed by atoms with Crippen LogP contribution in [0.25, 0.3) is 50.0 Å². The summed E-state index contributed by atoms with van der Waals surface area (Å²) in [7, 11) is 0. The van der Waals surface area contributed by atoms with Crippen LogP contribution in [0.1, 0.15) is 24.5 Å². The molecule has 2 aromatic heterocycles. The van der Waals surface area contributed by atoms with E-state index < -0.39 is 0 Å². The van der Waals surface area contributed by atoms with Crippen LogP contribution in [0.2, 0.25) is 0 Å². The van der Waals surface area contributed by atoms with Gasteiger partial charge in [-0.25, -0.2) is 0 Å². The predicted octanol–water partition coefficient (Wildman–Crippen LogP) is 7.22. The molecular formula is C23H18O2. The number of para-hydroxylation sites is 1. The van der Waals surface area contributed by atoms with Gasteiger partial charge in [-0.3, -0.25) is 0 Å². The Hall–Kier alpha value is -3.00. The summed E-state index contributed by atoms with van der Waals surface area (Å²) in [6.07, 6.45) is 5.43. The molecule has 0 aliphatic heterocycles. The van der Waals surface area contributed by atoms with E-state index in [1.54, 1.807) is 0 Å². The van der Waals surface area contributed by atoms with Crippen LogP contribution in [0.4, 0.5) is 0 Å². The number of allylic oxidation sites excluding steroid dienone is 1. The molecule has 0 unspecified atom stereocenters. The van der Waals surface area contributed by atoms with Crippen molar-refractivity contribution in [3.8, 4) is 0 Å². The van der Waals surface area contributed by atoms with E-state index in [0.29, 0.717) is 0 Å². The Balaban J connectivity index is 2.07. The average molecular weight is 326 g/mol. The first-order valence-electron chi connectivity index (χ1n) is 8.70. The van der Waals surface area contributed by atoms with Crippen molar-refractivity contribution in [3.05, 3.63) is 65.7 Å². The standard InChI is InChI=1S/C23H18O2/c1-3-4-7-15-14(2)10-11-18-21(15)23-20(25-18)13-12-19-22(23)16-8-5-6-9-17(16)24-19/h4-13H,3H2,1-2H3/b7-4-. The van der Waals surface area contributed by atoms with Crippen LogP contribution in [0.3, 0.4) is 0 Å². The number of fused-ring (bicyclic) bond motifs is 7. The fourth-order valence-corrected chi connectivity index (χ4v) is 3.75. The van der Waals surface area contributed by atoms with Crippen molar-refractivity contribution in [2.75, 3.05) is 0 Å². The maximum Gasteiger partial charge on any atom is 0.136 e. The number of rotatable bonds is 2. The summed E-state index contributed by atoms with van der Waals surface area (Å²) in [5.74, 6) is 0. The SMILES string of the molecule is CC/C=C\c1c(C)ccc2oc3ccc4oc5ccccc5c4c3c12. The van der Waals surface area contributed by atoms with Crippen LogP contribution < -0.4 is 0 Å². The van der Waals surface area contributed by atoms with Crippen LogP contribution >= 0.6 is 0 Å². The molecule has 5 aromatic rings. The Morgan fingerprint density at radius 3 is 2.28 bits per heavy atom. The molecule has 2 nitrogen and oxygen atoms in total. The second kappa shape index (κ2) is 5.25. The minimum absolute atomic E-state index is 0.906.